The molecule has 0 spiro atoms. The molecule has 0 fully saturated rings. The summed E-state index contributed by atoms with van der Waals surface area (Å²) in [5.41, 5.74) is 6.24. The second-order valence-electron chi connectivity index (χ2n) is 1.67. The lowest BCUT2D eigenvalue weighted by molar-refractivity contribution is 1.09. The first-order valence-corrected chi connectivity index (χ1v) is 4.48. The van der Waals surface area contributed by atoms with Gasteiger partial charge in [0.2, 0.25) is 5.95 Å². The summed E-state index contributed by atoms with van der Waals surface area (Å²) in [6, 6.07) is 1.81. The van der Waals surface area contributed by atoms with Crippen LogP contribution in [0.15, 0.2) is 10.7 Å². The van der Waals surface area contributed by atoms with Crippen LogP contribution in [0.2, 0.25) is 0 Å². The molecule has 3 nitrogen and oxygen atoms in total. The first kappa shape index (κ1) is 7.94. The van der Waals surface area contributed by atoms with Gasteiger partial charge in [-0.05, 0) is 22.0 Å². The molecule has 0 amide bonds. The number of nitrogen functional groups attached to an aromatic ring is 1. The average Bonchev–Trinajstić information content (AvgIpc) is 1.85. The van der Waals surface area contributed by atoms with Crippen molar-refractivity contribution >= 4 is 37.8 Å². The number of anilines is 1. The number of nitrogens with zero attached hydrogens (tertiary/aromatic N) is 2. The fraction of sp³-hybridized carbons (Fsp3) is 0.200. The first-order chi connectivity index (χ1) is 4.72. The Morgan fingerprint density at radius 2 is 2.20 bits per heavy atom. The Bertz CT molecular complexity index is 218. The lowest BCUT2D eigenvalue weighted by Gasteiger charge is -1.96. The molecular formula is C5H5Br2N3. The van der Waals surface area contributed by atoms with Gasteiger partial charge in [0.05, 0.1) is 5.69 Å². The van der Waals surface area contributed by atoms with Gasteiger partial charge in [-0.3, -0.25) is 0 Å². The zero-order chi connectivity index (χ0) is 7.56. The Hall–Kier alpha value is -0.160. The van der Waals surface area contributed by atoms with Crippen LogP contribution in [0.1, 0.15) is 5.69 Å². The van der Waals surface area contributed by atoms with Gasteiger partial charge in [0, 0.05) is 5.33 Å². The van der Waals surface area contributed by atoms with Crippen molar-refractivity contribution in [3.8, 4) is 0 Å². The van der Waals surface area contributed by atoms with Gasteiger partial charge < -0.3 is 5.73 Å². The lowest BCUT2D eigenvalue weighted by Crippen LogP contribution is -1.97. The van der Waals surface area contributed by atoms with Crippen molar-refractivity contribution in [1.82, 2.24) is 9.97 Å². The normalized spacial score (nSPS) is 9.80. The number of rotatable bonds is 1. The van der Waals surface area contributed by atoms with Crippen LogP contribution in [-0.2, 0) is 5.33 Å². The topological polar surface area (TPSA) is 51.8 Å². The van der Waals surface area contributed by atoms with Crippen molar-refractivity contribution in [2.75, 3.05) is 5.73 Å². The summed E-state index contributed by atoms with van der Waals surface area (Å²) in [5.74, 6) is 0.295. The largest absolute Gasteiger partial charge is 0.368 e. The summed E-state index contributed by atoms with van der Waals surface area (Å²) < 4.78 is 0.717. The van der Waals surface area contributed by atoms with E-state index in [0.29, 0.717) is 11.3 Å². The molecular weight excluding hydrogens is 262 g/mol. The molecule has 54 valence electrons. The van der Waals surface area contributed by atoms with Gasteiger partial charge in [0.1, 0.15) is 4.60 Å². The van der Waals surface area contributed by atoms with E-state index in [0.717, 1.165) is 10.3 Å². The number of aromatic nitrogens is 2. The summed E-state index contributed by atoms with van der Waals surface area (Å²) >= 11 is 6.46. The van der Waals surface area contributed by atoms with E-state index >= 15 is 0 Å². The van der Waals surface area contributed by atoms with Crippen LogP contribution in [0.3, 0.4) is 0 Å². The molecule has 0 atom stereocenters. The third kappa shape index (κ3) is 1.91. The van der Waals surface area contributed by atoms with Crippen molar-refractivity contribution in [3.05, 3.63) is 16.4 Å². The Morgan fingerprint density at radius 1 is 1.50 bits per heavy atom. The summed E-state index contributed by atoms with van der Waals surface area (Å²) in [6.07, 6.45) is 0. The highest BCUT2D eigenvalue weighted by atomic mass is 79.9. The van der Waals surface area contributed by atoms with Crippen LogP contribution in [-0.4, -0.2) is 9.97 Å². The molecule has 0 aliphatic heterocycles. The summed E-state index contributed by atoms with van der Waals surface area (Å²) in [6.45, 7) is 0. The average molecular weight is 267 g/mol. The minimum atomic E-state index is 0.295. The molecule has 0 saturated carbocycles. The summed E-state index contributed by atoms with van der Waals surface area (Å²) in [7, 11) is 0. The van der Waals surface area contributed by atoms with Crippen molar-refractivity contribution < 1.29 is 0 Å². The van der Waals surface area contributed by atoms with Crippen molar-refractivity contribution in [1.29, 1.82) is 0 Å². The van der Waals surface area contributed by atoms with E-state index in [-0.39, 0.29) is 0 Å². The Labute approximate surface area is 75.3 Å². The molecule has 0 bridgehead atoms. The van der Waals surface area contributed by atoms with Crippen molar-refractivity contribution in [2.45, 2.75) is 5.33 Å². The molecule has 10 heavy (non-hydrogen) atoms. The predicted octanol–water partition coefficient (Wildman–Crippen LogP) is 1.72. The molecule has 1 aromatic heterocycles. The Morgan fingerprint density at radius 3 is 2.70 bits per heavy atom. The maximum Gasteiger partial charge on any atom is 0.221 e. The SMILES string of the molecule is Nc1nc(Br)cc(CBr)n1. The molecule has 1 heterocycles. The standard InChI is InChI=1S/C5H5Br2N3/c6-2-3-1-4(7)10-5(8)9-3/h1H,2H2,(H2,8,9,10). The van der Waals surface area contributed by atoms with Crippen LogP contribution in [0.25, 0.3) is 0 Å². The van der Waals surface area contributed by atoms with Gasteiger partial charge >= 0.3 is 0 Å². The number of hydrogen-bond acceptors (Lipinski definition) is 3. The minimum Gasteiger partial charge on any atom is -0.368 e. The Kier molecular flexibility index (Phi) is 2.62. The van der Waals surface area contributed by atoms with Gasteiger partial charge in [-0.15, -0.1) is 0 Å². The van der Waals surface area contributed by atoms with Crippen LogP contribution < -0.4 is 5.73 Å². The summed E-state index contributed by atoms with van der Waals surface area (Å²) in [4.78, 5) is 7.79. The molecule has 1 aromatic rings. The fourth-order valence-corrected chi connectivity index (χ4v) is 1.29. The molecule has 0 radical (unpaired) electrons. The molecule has 0 unspecified atom stereocenters. The third-order valence-corrected chi connectivity index (χ3v) is 1.88. The van der Waals surface area contributed by atoms with E-state index in [4.69, 9.17) is 5.73 Å². The smallest absolute Gasteiger partial charge is 0.221 e. The van der Waals surface area contributed by atoms with Gasteiger partial charge in [0.15, 0.2) is 0 Å². The Balaban J connectivity index is 3.06. The van der Waals surface area contributed by atoms with Gasteiger partial charge in [-0.2, -0.15) is 0 Å². The van der Waals surface area contributed by atoms with E-state index in [2.05, 4.69) is 41.8 Å². The number of nitrogens with two attached hydrogens (primary N) is 1. The van der Waals surface area contributed by atoms with Gasteiger partial charge in [-0.1, -0.05) is 15.9 Å². The van der Waals surface area contributed by atoms with Crippen LogP contribution in [0, 0.1) is 0 Å². The number of hydrogen-bond donors (Lipinski definition) is 1. The maximum atomic E-state index is 5.36. The van der Waals surface area contributed by atoms with E-state index < -0.39 is 0 Å². The zero-order valence-electron chi connectivity index (χ0n) is 5.01. The molecule has 2 N–H and O–H groups in total. The highest BCUT2D eigenvalue weighted by Crippen LogP contribution is 2.11. The highest BCUT2D eigenvalue weighted by Gasteiger charge is 1.96. The first-order valence-electron chi connectivity index (χ1n) is 2.57. The van der Waals surface area contributed by atoms with Crippen molar-refractivity contribution in [3.63, 3.8) is 0 Å². The molecule has 0 saturated heterocycles. The zero-order valence-corrected chi connectivity index (χ0v) is 8.18. The van der Waals surface area contributed by atoms with Gasteiger partial charge in [0.25, 0.3) is 0 Å². The second-order valence-corrected chi connectivity index (χ2v) is 3.05. The van der Waals surface area contributed by atoms with Crippen LogP contribution in [0.4, 0.5) is 5.95 Å². The predicted molar refractivity (Wildman–Crippen MR) is 46.8 cm³/mol. The lowest BCUT2D eigenvalue weighted by atomic mass is 10.5. The van der Waals surface area contributed by atoms with E-state index in [1.807, 2.05) is 6.07 Å². The molecule has 0 aromatic carbocycles. The monoisotopic (exact) mass is 265 g/mol. The summed E-state index contributed by atoms with van der Waals surface area (Å²) in [5, 5.41) is 0.693. The molecule has 5 heteroatoms. The maximum absolute atomic E-state index is 5.36. The molecule has 0 aliphatic carbocycles. The fourth-order valence-electron chi connectivity index (χ4n) is 0.552. The third-order valence-electron chi connectivity index (χ3n) is 0.902. The van der Waals surface area contributed by atoms with Gasteiger partial charge in [-0.25, -0.2) is 9.97 Å². The van der Waals surface area contributed by atoms with Crippen LogP contribution >= 0.6 is 31.9 Å². The number of alkyl halides is 1. The highest BCUT2D eigenvalue weighted by molar-refractivity contribution is 9.10. The number of halogens is 2. The van der Waals surface area contributed by atoms with E-state index in [1.54, 1.807) is 0 Å². The second kappa shape index (κ2) is 3.30. The van der Waals surface area contributed by atoms with Crippen molar-refractivity contribution in [2.24, 2.45) is 0 Å². The molecule has 1 rings (SSSR count). The van der Waals surface area contributed by atoms with E-state index in [1.165, 1.54) is 0 Å². The molecule has 0 aliphatic rings. The quantitative estimate of drug-likeness (QED) is 0.622. The van der Waals surface area contributed by atoms with Crippen LogP contribution in [0.5, 0.6) is 0 Å². The minimum absolute atomic E-state index is 0.295. The van der Waals surface area contributed by atoms with E-state index in [9.17, 15) is 0 Å².